The molecule has 35 heavy (non-hydrogen) atoms. The molecule has 0 aliphatic heterocycles. The van der Waals surface area contributed by atoms with Gasteiger partial charge in [-0.05, 0) is 60.7 Å². The van der Waals surface area contributed by atoms with Crippen molar-refractivity contribution in [2.45, 2.75) is 19.8 Å². The molecule has 0 heterocycles. The van der Waals surface area contributed by atoms with E-state index in [2.05, 4.69) is 12.1 Å². The zero-order valence-corrected chi connectivity index (χ0v) is 21.7. The van der Waals surface area contributed by atoms with Crippen LogP contribution in [0.4, 0.5) is 0 Å². The third-order valence-corrected chi connectivity index (χ3v) is 6.30. The summed E-state index contributed by atoms with van der Waals surface area (Å²) in [7, 11) is 1.84. The molecule has 0 aliphatic carbocycles. The van der Waals surface area contributed by atoms with Crippen LogP contribution < -0.4 is 15.2 Å². The topological polar surface area (TPSA) is 64.8 Å². The van der Waals surface area contributed by atoms with Crippen molar-refractivity contribution < 1.29 is 14.3 Å². The van der Waals surface area contributed by atoms with E-state index >= 15 is 0 Å². The Hall–Kier alpha value is -2.73. The minimum absolute atomic E-state index is 0.0642. The summed E-state index contributed by atoms with van der Waals surface area (Å²) >= 11 is 12.4. The second-order valence-electron chi connectivity index (χ2n) is 8.53. The van der Waals surface area contributed by atoms with Crippen molar-refractivity contribution in [2.75, 3.05) is 33.4 Å². The maximum Gasteiger partial charge on any atom is 0.227 e. The molecule has 1 unspecified atom stereocenters. The van der Waals surface area contributed by atoms with E-state index in [0.29, 0.717) is 54.3 Å². The number of halogens is 2. The number of likely N-dealkylation sites (N-methyl/N-ethyl adjacent to an activating group) is 1. The molecule has 0 aromatic heterocycles. The summed E-state index contributed by atoms with van der Waals surface area (Å²) in [5.74, 6) is 0.979. The molecule has 3 aromatic carbocycles. The first-order valence-electron chi connectivity index (χ1n) is 11.7. The molecule has 0 fully saturated rings. The summed E-state index contributed by atoms with van der Waals surface area (Å²) < 4.78 is 11.5. The van der Waals surface area contributed by atoms with Crippen LogP contribution >= 0.6 is 23.2 Å². The third-order valence-electron chi connectivity index (χ3n) is 5.74. The minimum atomic E-state index is -0.264. The van der Waals surface area contributed by atoms with E-state index < -0.39 is 0 Å². The zero-order chi connectivity index (χ0) is 25.2. The summed E-state index contributed by atoms with van der Waals surface area (Å²) in [6, 6.07) is 21.5. The summed E-state index contributed by atoms with van der Waals surface area (Å²) in [4.78, 5) is 14.7. The lowest BCUT2D eigenvalue weighted by Gasteiger charge is -2.23. The van der Waals surface area contributed by atoms with Gasteiger partial charge in [0, 0.05) is 20.1 Å². The second kappa shape index (κ2) is 13.4. The van der Waals surface area contributed by atoms with Crippen molar-refractivity contribution in [2.24, 2.45) is 11.7 Å². The molecule has 0 radical (unpaired) electrons. The van der Waals surface area contributed by atoms with Crippen LogP contribution in [0.15, 0.2) is 66.7 Å². The van der Waals surface area contributed by atoms with Crippen LogP contribution in [0.1, 0.15) is 16.7 Å². The summed E-state index contributed by atoms with van der Waals surface area (Å²) in [6.45, 7) is 3.53. The maximum atomic E-state index is 12.9. The summed E-state index contributed by atoms with van der Waals surface area (Å²) in [5.41, 5.74) is 9.17. The predicted octanol–water partition coefficient (Wildman–Crippen LogP) is 5.58. The standard InChI is InChI=1S/C28H32Cl2N2O3/c1-20-16-25(29)27(26(30)17-20)35-15-14-34-24-10-8-22(9-11-24)18-23(19-31)28(33)32(2)13-12-21-6-4-3-5-7-21/h3-11,16-17,23H,12-15,18-19,31H2,1-2H3. The van der Waals surface area contributed by atoms with Crippen LogP contribution in [0.5, 0.6) is 11.5 Å². The quantitative estimate of drug-likeness (QED) is 0.320. The predicted molar refractivity (Wildman–Crippen MR) is 143 cm³/mol. The average molecular weight is 515 g/mol. The van der Waals surface area contributed by atoms with Gasteiger partial charge in [-0.3, -0.25) is 4.79 Å². The Morgan fingerprint density at radius 2 is 1.57 bits per heavy atom. The molecule has 0 saturated heterocycles. The highest BCUT2D eigenvalue weighted by molar-refractivity contribution is 6.37. The van der Waals surface area contributed by atoms with E-state index in [1.807, 2.05) is 68.6 Å². The largest absolute Gasteiger partial charge is 0.490 e. The van der Waals surface area contributed by atoms with E-state index in [4.69, 9.17) is 38.4 Å². The number of nitrogens with two attached hydrogens (primary N) is 1. The Kier molecular flexibility index (Phi) is 10.3. The van der Waals surface area contributed by atoms with Crippen LogP contribution in [0.3, 0.4) is 0 Å². The Balaban J connectivity index is 1.45. The molecule has 3 rings (SSSR count). The van der Waals surface area contributed by atoms with Crippen molar-refractivity contribution in [3.63, 3.8) is 0 Å². The molecule has 186 valence electrons. The molecular formula is C28H32Cl2N2O3. The number of aryl methyl sites for hydroxylation is 1. The Morgan fingerprint density at radius 3 is 2.20 bits per heavy atom. The molecule has 3 aromatic rings. The second-order valence-corrected chi connectivity index (χ2v) is 9.35. The number of ether oxygens (including phenoxy) is 2. The molecule has 0 spiro atoms. The highest BCUT2D eigenvalue weighted by Crippen LogP contribution is 2.33. The number of hydrogen-bond acceptors (Lipinski definition) is 4. The van der Waals surface area contributed by atoms with Crippen molar-refractivity contribution >= 4 is 29.1 Å². The Labute approximate surface area is 217 Å². The number of hydrogen-bond donors (Lipinski definition) is 1. The van der Waals surface area contributed by atoms with E-state index in [9.17, 15) is 4.79 Å². The van der Waals surface area contributed by atoms with Crippen molar-refractivity contribution in [3.05, 3.63) is 93.5 Å². The van der Waals surface area contributed by atoms with Crippen LogP contribution in [0, 0.1) is 12.8 Å². The first-order valence-corrected chi connectivity index (χ1v) is 12.4. The number of benzene rings is 3. The van der Waals surface area contributed by atoms with Gasteiger partial charge in [0.25, 0.3) is 0 Å². The summed E-state index contributed by atoms with van der Waals surface area (Å²) in [5, 5.41) is 0.961. The van der Waals surface area contributed by atoms with Gasteiger partial charge in [-0.15, -0.1) is 0 Å². The van der Waals surface area contributed by atoms with Crippen LogP contribution in [-0.4, -0.2) is 44.2 Å². The van der Waals surface area contributed by atoms with Gasteiger partial charge in [0.15, 0.2) is 5.75 Å². The lowest BCUT2D eigenvalue weighted by Crippen LogP contribution is -2.38. The lowest BCUT2D eigenvalue weighted by molar-refractivity contribution is -0.133. The number of amides is 1. The Bertz CT molecular complexity index is 1070. The van der Waals surface area contributed by atoms with E-state index in [1.165, 1.54) is 5.56 Å². The Morgan fingerprint density at radius 1 is 0.943 bits per heavy atom. The SMILES string of the molecule is Cc1cc(Cl)c(OCCOc2ccc(CC(CN)C(=O)N(C)CCc3ccccc3)cc2)c(Cl)c1. The molecule has 1 atom stereocenters. The summed E-state index contributed by atoms with van der Waals surface area (Å²) in [6.07, 6.45) is 1.40. The van der Waals surface area contributed by atoms with Crippen molar-refractivity contribution in [3.8, 4) is 11.5 Å². The normalized spacial score (nSPS) is 11.7. The highest BCUT2D eigenvalue weighted by Gasteiger charge is 2.21. The van der Waals surface area contributed by atoms with Crippen LogP contribution in [0.25, 0.3) is 0 Å². The smallest absolute Gasteiger partial charge is 0.227 e. The van der Waals surface area contributed by atoms with Crippen LogP contribution in [-0.2, 0) is 17.6 Å². The van der Waals surface area contributed by atoms with Gasteiger partial charge in [0.1, 0.15) is 19.0 Å². The van der Waals surface area contributed by atoms with E-state index in [0.717, 1.165) is 17.5 Å². The molecule has 2 N–H and O–H groups in total. The third kappa shape index (κ3) is 8.17. The minimum Gasteiger partial charge on any atom is -0.490 e. The van der Waals surface area contributed by atoms with E-state index in [-0.39, 0.29) is 11.8 Å². The van der Waals surface area contributed by atoms with Crippen molar-refractivity contribution in [1.82, 2.24) is 4.90 Å². The zero-order valence-electron chi connectivity index (χ0n) is 20.2. The van der Waals surface area contributed by atoms with Gasteiger partial charge >= 0.3 is 0 Å². The number of carbonyl (C=O) groups is 1. The van der Waals surface area contributed by atoms with Gasteiger partial charge in [0.2, 0.25) is 5.91 Å². The van der Waals surface area contributed by atoms with E-state index in [1.54, 1.807) is 4.90 Å². The average Bonchev–Trinajstić information content (AvgIpc) is 2.85. The first-order chi connectivity index (χ1) is 16.9. The number of rotatable bonds is 12. The molecule has 0 aliphatic rings. The monoisotopic (exact) mass is 514 g/mol. The molecule has 5 nitrogen and oxygen atoms in total. The van der Waals surface area contributed by atoms with Crippen LogP contribution in [0.2, 0.25) is 10.0 Å². The van der Waals surface area contributed by atoms with Gasteiger partial charge in [-0.2, -0.15) is 0 Å². The molecule has 0 saturated carbocycles. The maximum absolute atomic E-state index is 12.9. The fourth-order valence-corrected chi connectivity index (χ4v) is 4.47. The number of carbonyl (C=O) groups excluding carboxylic acids is 1. The fraction of sp³-hybridized carbons (Fsp3) is 0.321. The van der Waals surface area contributed by atoms with Gasteiger partial charge in [-0.1, -0.05) is 65.7 Å². The molecule has 1 amide bonds. The highest BCUT2D eigenvalue weighted by atomic mass is 35.5. The molecule has 7 heteroatoms. The fourth-order valence-electron chi connectivity index (χ4n) is 3.77. The molecule has 0 bridgehead atoms. The van der Waals surface area contributed by atoms with Gasteiger partial charge < -0.3 is 20.1 Å². The van der Waals surface area contributed by atoms with Gasteiger partial charge in [-0.25, -0.2) is 0 Å². The molecular weight excluding hydrogens is 483 g/mol. The van der Waals surface area contributed by atoms with Crippen molar-refractivity contribution in [1.29, 1.82) is 0 Å². The van der Waals surface area contributed by atoms with Gasteiger partial charge in [0.05, 0.1) is 16.0 Å². The number of nitrogens with zero attached hydrogens (tertiary/aromatic N) is 1. The lowest BCUT2D eigenvalue weighted by atomic mass is 9.97. The first kappa shape index (κ1) is 26.9.